The fraction of sp³-hybridized carbons (Fsp3) is 0.346. The fourth-order valence-corrected chi connectivity index (χ4v) is 5.61. The van der Waals surface area contributed by atoms with Crippen molar-refractivity contribution in [3.8, 4) is 0 Å². The van der Waals surface area contributed by atoms with E-state index in [0.29, 0.717) is 13.0 Å². The number of unbranched alkanes of at least 4 members (excludes halogenated alkanes) is 1. The van der Waals surface area contributed by atoms with Gasteiger partial charge in [0.1, 0.15) is 6.04 Å². The summed E-state index contributed by atoms with van der Waals surface area (Å²) in [7, 11) is 0. The zero-order chi connectivity index (χ0) is 24.1. The van der Waals surface area contributed by atoms with E-state index in [-0.39, 0.29) is 28.8 Å². The highest BCUT2D eigenvalue weighted by atomic mass is 16.6. The summed E-state index contributed by atoms with van der Waals surface area (Å²) >= 11 is 0. The van der Waals surface area contributed by atoms with Crippen LogP contribution in [0.3, 0.4) is 0 Å². The van der Waals surface area contributed by atoms with Crippen LogP contribution >= 0.6 is 0 Å². The predicted octanol–water partition coefficient (Wildman–Crippen LogP) is 3.85. The first-order chi connectivity index (χ1) is 16.3. The monoisotopic (exact) mass is 459 g/mol. The number of nitro benzene ring substituents is 1. The van der Waals surface area contributed by atoms with Gasteiger partial charge in [-0.15, -0.1) is 0 Å². The predicted molar refractivity (Wildman–Crippen MR) is 126 cm³/mol. The molecule has 0 aromatic heterocycles. The number of Topliss-reactive ketones (excluding diaryl/α,β-unsaturated/α-hetero) is 1. The van der Waals surface area contributed by atoms with Crippen LogP contribution < -0.4 is 4.90 Å². The van der Waals surface area contributed by atoms with E-state index in [1.165, 1.54) is 29.2 Å². The van der Waals surface area contributed by atoms with Crippen molar-refractivity contribution in [1.29, 1.82) is 0 Å². The quantitative estimate of drug-likeness (QED) is 0.281. The van der Waals surface area contributed by atoms with Crippen LogP contribution in [-0.4, -0.2) is 46.0 Å². The Morgan fingerprint density at radius 3 is 2.38 bits per heavy atom. The molecule has 2 fully saturated rings. The van der Waals surface area contributed by atoms with Crippen molar-refractivity contribution in [3.05, 3.63) is 75.8 Å². The summed E-state index contributed by atoms with van der Waals surface area (Å²) in [5.41, 5.74) is 2.96. The minimum Gasteiger partial charge on any atom is -0.352 e. The molecule has 3 aliphatic heterocycles. The van der Waals surface area contributed by atoms with E-state index in [1.54, 1.807) is 0 Å². The summed E-state index contributed by atoms with van der Waals surface area (Å²) in [6.45, 7) is 4.33. The maximum Gasteiger partial charge on any atom is 0.269 e. The van der Waals surface area contributed by atoms with Crippen LogP contribution in [0, 0.1) is 22.0 Å². The summed E-state index contributed by atoms with van der Waals surface area (Å²) in [5, 5.41) is 11.1. The number of allylic oxidation sites excluding steroid dienone is 1. The molecule has 0 aliphatic carbocycles. The highest BCUT2D eigenvalue weighted by Gasteiger charge is 2.64. The summed E-state index contributed by atoms with van der Waals surface area (Å²) in [6, 6.07) is 11.8. The molecular formula is C26H25N3O5. The van der Waals surface area contributed by atoms with Crippen LogP contribution in [-0.2, 0) is 9.59 Å². The van der Waals surface area contributed by atoms with Crippen molar-refractivity contribution in [3.63, 3.8) is 0 Å². The molecule has 2 amide bonds. The van der Waals surface area contributed by atoms with Crippen LogP contribution in [0.25, 0.3) is 5.57 Å². The van der Waals surface area contributed by atoms with E-state index in [2.05, 4.69) is 0 Å². The second-order valence-corrected chi connectivity index (χ2v) is 9.11. The molecule has 5 rings (SSSR count). The minimum atomic E-state index is -0.870. The third kappa shape index (κ3) is 3.16. The van der Waals surface area contributed by atoms with Crippen molar-refractivity contribution in [2.24, 2.45) is 11.8 Å². The Hall–Kier alpha value is -3.81. The van der Waals surface area contributed by atoms with Crippen molar-refractivity contribution < 1.29 is 19.3 Å². The SMILES string of the molecule is CCCCN1C(=O)[C@@H]2[C@H](C1=O)[C@@H](C(=O)c1ccc([N+](=O)[O-])cc1)N1c3ccccc3C(C)=C[C@@H]21. The first-order valence-electron chi connectivity index (χ1n) is 11.5. The second-order valence-electron chi connectivity index (χ2n) is 9.11. The minimum absolute atomic E-state index is 0.113. The van der Waals surface area contributed by atoms with Gasteiger partial charge < -0.3 is 4.90 Å². The number of hydrogen-bond donors (Lipinski definition) is 0. The van der Waals surface area contributed by atoms with Gasteiger partial charge in [0.05, 0.1) is 22.8 Å². The lowest BCUT2D eigenvalue weighted by Gasteiger charge is -2.38. The van der Waals surface area contributed by atoms with Gasteiger partial charge in [0.25, 0.3) is 5.69 Å². The molecule has 0 bridgehead atoms. The van der Waals surface area contributed by atoms with Crippen LogP contribution in [0.5, 0.6) is 0 Å². The van der Waals surface area contributed by atoms with Gasteiger partial charge in [0, 0.05) is 35.5 Å². The lowest BCUT2D eigenvalue weighted by molar-refractivity contribution is -0.384. The molecule has 174 valence electrons. The normalized spacial score (nSPS) is 25.1. The standard InChI is InChI=1S/C26H25N3O5/c1-3-4-13-27-25(31)21-20-14-15(2)18-7-5-6-8-19(18)28(20)23(22(21)26(27)32)24(30)16-9-11-17(12-10-16)29(33)34/h5-12,14,20-23H,3-4,13H2,1-2H3/t20-,21-,22-,23-/m0/s1. The molecular weight excluding hydrogens is 434 g/mol. The van der Waals surface area contributed by atoms with Crippen molar-refractivity contribution in [2.45, 2.75) is 38.8 Å². The maximum absolute atomic E-state index is 13.9. The summed E-state index contributed by atoms with van der Waals surface area (Å²) < 4.78 is 0. The number of rotatable bonds is 6. The largest absolute Gasteiger partial charge is 0.352 e. The maximum atomic E-state index is 13.9. The first-order valence-corrected chi connectivity index (χ1v) is 11.5. The van der Waals surface area contributed by atoms with Crippen LogP contribution in [0.15, 0.2) is 54.6 Å². The number of carbonyl (C=O) groups is 3. The number of fused-ring (bicyclic) bond motifs is 5. The number of imide groups is 1. The second kappa shape index (κ2) is 8.20. The number of carbonyl (C=O) groups excluding carboxylic acids is 3. The molecule has 0 radical (unpaired) electrons. The van der Waals surface area contributed by atoms with E-state index in [0.717, 1.165) is 23.2 Å². The number of anilines is 1. The molecule has 8 heteroatoms. The van der Waals surface area contributed by atoms with Crippen LogP contribution in [0.1, 0.15) is 42.6 Å². The Morgan fingerprint density at radius 1 is 1.03 bits per heavy atom. The molecule has 0 saturated carbocycles. The molecule has 34 heavy (non-hydrogen) atoms. The molecule has 8 nitrogen and oxygen atoms in total. The van der Waals surface area contributed by atoms with Crippen molar-refractivity contribution >= 4 is 34.5 Å². The van der Waals surface area contributed by atoms with Gasteiger partial charge in [-0.1, -0.05) is 37.6 Å². The van der Waals surface area contributed by atoms with Gasteiger partial charge in [-0.3, -0.25) is 29.4 Å². The molecule has 2 aromatic rings. The Labute approximate surface area is 197 Å². The van der Waals surface area contributed by atoms with Gasteiger partial charge in [-0.05, 0) is 37.1 Å². The van der Waals surface area contributed by atoms with Crippen LogP contribution in [0.4, 0.5) is 11.4 Å². The highest BCUT2D eigenvalue weighted by Crippen LogP contribution is 2.50. The molecule has 3 aliphatic rings. The van der Waals surface area contributed by atoms with Crippen molar-refractivity contribution in [2.75, 3.05) is 11.4 Å². The molecule has 4 atom stereocenters. The van der Waals surface area contributed by atoms with Gasteiger partial charge in [0.2, 0.25) is 11.8 Å². The van der Waals surface area contributed by atoms with Gasteiger partial charge in [-0.25, -0.2) is 0 Å². The Morgan fingerprint density at radius 2 is 1.71 bits per heavy atom. The number of nitro groups is 1. The number of amides is 2. The van der Waals surface area contributed by atoms with Crippen LogP contribution in [0.2, 0.25) is 0 Å². The summed E-state index contributed by atoms with van der Waals surface area (Å²) in [6.07, 6.45) is 3.56. The van der Waals surface area contributed by atoms with Gasteiger partial charge >= 0.3 is 0 Å². The van der Waals surface area contributed by atoms with Gasteiger partial charge in [0.15, 0.2) is 5.78 Å². The van der Waals surface area contributed by atoms with E-state index in [9.17, 15) is 24.5 Å². The number of para-hydroxylation sites is 1. The lowest BCUT2D eigenvalue weighted by Crippen LogP contribution is -2.49. The highest BCUT2D eigenvalue weighted by molar-refractivity contribution is 6.14. The Balaban J connectivity index is 1.62. The molecule has 2 aromatic carbocycles. The topological polar surface area (TPSA) is 101 Å². The number of benzene rings is 2. The molecule has 2 saturated heterocycles. The number of nitrogens with zero attached hydrogens (tertiary/aromatic N) is 3. The number of ketones is 1. The Bertz CT molecular complexity index is 1240. The third-order valence-corrected chi connectivity index (χ3v) is 7.21. The smallest absolute Gasteiger partial charge is 0.269 e. The first kappa shape index (κ1) is 22.0. The Kier molecular flexibility index (Phi) is 5.31. The lowest BCUT2D eigenvalue weighted by atomic mass is 9.85. The van der Waals surface area contributed by atoms with Crippen molar-refractivity contribution in [1.82, 2.24) is 4.90 Å². The zero-order valence-electron chi connectivity index (χ0n) is 19.0. The number of non-ortho nitro benzene ring substituents is 1. The number of likely N-dealkylation sites (tertiary alicyclic amines) is 1. The van der Waals surface area contributed by atoms with E-state index >= 15 is 0 Å². The average molecular weight is 460 g/mol. The molecule has 0 N–H and O–H groups in total. The molecule has 3 heterocycles. The van der Waals surface area contributed by atoms with E-state index in [4.69, 9.17) is 0 Å². The van der Waals surface area contributed by atoms with Gasteiger partial charge in [-0.2, -0.15) is 0 Å². The zero-order valence-corrected chi connectivity index (χ0v) is 19.0. The molecule has 0 unspecified atom stereocenters. The summed E-state index contributed by atoms with van der Waals surface area (Å²) in [5.74, 6) is -2.27. The number of hydrogen-bond acceptors (Lipinski definition) is 6. The fourth-order valence-electron chi connectivity index (χ4n) is 5.61. The third-order valence-electron chi connectivity index (χ3n) is 7.21. The summed E-state index contributed by atoms with van der Waals surface area (Å²) in [4.78, 5) is 54.7. The van der Waals surface area contributed by atoms with E-state index in [1.807, 2.05) is 49.1 Å². The average Bonchev–Trinajstić information content (AvgIpc) is 3.30. The molecule has 0 spiro atoms. The van der Waals surface area contributed by atoms with E-state index < -0.39 is 28.8 Å².